The lowest BCUT2D eigenvalue weighted by Gasteiger charge is -2.18. The van der Waals surface area contributed by atoms with E-state index in [2.05, 4.69) is 10.4 Å². The Hall–Kier alpha value is -3.92. The lowest BCUT2D eigenvalue weighted by Crippen LogP contribution is -2.35. The topological polar surface area (TPSA) is 97.0 Å². The van der Waals surface area contributed by atoms with Gasteiger partial charge in [-0.25, -0.2) is 9.48 Å². The first kappa shape index (κ1) is 20.8. The van der Waals surface area contributed by atoms with Crippen molar-refractivity contribution >= 4 is 11.9 Å². The lowest BCUT2D eigenvalue weighted by molar-refractivity contribution is -0.145. The number of nitriles is 1. The SMILES string of the molecule is CCOC(=O)[C@@H](NC(=O)c1cccc(C#N)c1)c1c(C)nn(-c2ccccc2)c1C. The summed E-state index contributed by atoms with van der Waals surface area (Å²) in [5, 5.41) is 16.4. The number of aromatic nitrogens is 2. The van der Waals surface area contributed by atoms with Gasteiger partial charge in [-0.1, -0.05) is 24.3 Å². The predicted molar refractivity (Wildman–Crippen MR) is 111 cm³/mol. The van der Waals surface area contributed by atoms with Gasteiger partial charge in [0.2, 0.25) is 0 Å². The number of nitrogens with zero attached hydrogens (tertiary/aromatic N) is 3. The summed E-state index contributed by atoms with van der Waals surface area (Å²) in [6.07, 6.45) is 0. The van der Waals surface area contributed by atoms with Crippen LogP contribution in [0.5, 0.6) is 0 Å². The number of amides is 1. The molecule has 2 aromatic carbocycles. The first-order valence-corrected chi connectivity index (χ1v) is 9.55. The molecular weight excluding hydrogens is 380 g/mol. The second-order valence-electron chi connectivity index (χ2n) is 6.68. The normalized spacial score (nSPS) is 11.4. The molecule has 0 bridgehead atoms. The average Bonchev–Trinajstić information content (AvgIpc) is 3.06. The molecule has 0 saturated carbocycles. The van der Waals surface area contributed by atoms with Crippen LogP contribution in [0.1, 0.15) is 45.8 Å². The zero-order valence-corrected chi connectivity index (χ0v) is 17.0. The monoisotopic (exact) mass is 402 g/mol. The van der Waals surface area contributed by atoms with Gasteiger partial charge in [-0.05, 0) is 51.1 Å². The first-order valence-electron chi connectivity index (χ1n) is 9.55. The lowest BCUT2D eigenvalue weighted by atomic mass is 10.0. The summed E-state index contributed by atoms with van der Waals surface area (Å²) in [7, 11) is 0. The van der Waals surface area contributed by atoms with Crippen molar-refractivity contribution in [3.8, 4) is 11.8 Å². The standard InChI is InChI=1S/C23H22N4O3/c1-4-30-23(29)21(25-22(28)18-10-8-9-17(13-18)14-24)20-15(2)26-27(16(20)3)19-11-6-5-7-12-19/h5-13,21H,4H2,1-3H3,(H,25,28)/t21-/m0/s1. The van der Waals surface area contributed by atoms with Gasteiger partial charge in [0.15, 0.2) is 6.04 Å². The fourth-order valence-corrected chi connectivity index (χ4v) is 3.31. The van der Waals surface area contributed by atoms with E-state index in [9.17, 15) is 9.59 Å². The highest BCUT2D eigenvalue weighted by atomic mass is 16.5. The number of benzene rings is 2. The molecule has 0 aliphatic heterocycles. The third-order valence-electron chi connectivity index (χ3n) is 4.69. The summed E-state index contributed by atoms with van der Waals surface area (Å²) in [6, 6.07) is 16.8. The number of carbonyl (C=O) groups is 2. The maximum atomic E-state index is 12.8. The molecule has 7 heteroatoms. The number of para-hydroxylation sites is 1. The Labute approximate surface area is 174 Å². The van der Waals surface area contributed by atoms with E-state index in [4.69, 9.17) is 10.00 Å². The van der Waals surface area contributed by atoms with Crippen molar-refractivity contribution in [1.82, 2.24) is 15.1 Å². The summed E-state index contributed by atoms with van der Waals surface area (Å²) in [4.78, 5) is 25.6. The predicted octanol–water partition coefficient (Wildman–Crippen LogP) is 3.40. The molecular formula is C23H22N4O3. The van der Waals surface area contributed by atoms with Crippen LogP contribution in [0.3, 0.4) is 0 Å². The van der Waals surface area contributed by atoms with Crippen molar-refractivity contribution in [3.63, 3.8) is 0 Å². The molecule has 152 valence electrons. The Morgan fingerprint density at radius 2 is 1.90 bits per heavy atom. The quantitative estimate of drug-likeness (QED) is 0.638. The van der Waals surface area contributed by atoms with Crippen molar-refractivity contribution in [3.05, 3.63) is 82.7 Å². The number of esters is 1. The molecule has 30 heavy (non-hydrogen) atoms. The van der Waals surface area contributed by atoms with E-state index in [1.54, 1.807) is 36.7 Å². The highest BCUT2D eigenvalue weighted by molar-refractivity contribution is 5.97. The number of hydrogen-bond acceptors (Lipinski definition) is 5. The summed E-state index contributed by atoms with van der Waals surface area (Å²) >= 11 is 0. The molecule has 1 heterocycles. The van der Waals surface area contributed by atoms with Crippen LogP contribution in [0.15, 0.2) is 54.6 Å². The van der Waals surface area contributed by atoms with Crippen molar-refractivity contribution in [2.75, 3.05) is 6.61 Å². The Morgan fingerprint density at radius 1 is 1.17 bits per heavy atom. The van der Waals surface area contributed by atoms with Crippen LogP contribution >= 0.6 is 0 Å². The first-order chi connectivity index (χ1) is 14.5. The zero-order chi connectivity index (χ0) is 21.7. The van der Waals surface area contributed by atoms with Crippen LogP contribution in [0.4, 0.5) is 0 Å². The van der Waals surface area contributed by atoms with E-state index in [-0.39, 0.29) is 12.2 Å². The Kier molecular flexibility index (Phi) is 6.28. The second kappa shape index (κ2) is 9.05. The van der Waals surface area contributed by atoms with Gasteiger partial charge in [-0.15, -0.1) is 0 Å². The van der Waals surface area contributed by atoms with Crippen molar-refractivity contribution in [2.24, 2.45) is 0 Å². The number of ether oxygens (including phenoxy) is 1. The van der Waals surface area contributed by atoms with E-state index in [1.807, 2.05) is 43.3 Å². The minimum absolute atomic E-state index is 0.181. The number of rotatable bonds is 6. The Morgan fingerprint density at radius 3 is 2.57 bits per heavy atom. The third-order valence-corrected chi connectivity index (χ3v) is 4.69. The smallest absolute Gasteiger partial charge is 0.333 e. The fraction of sp³-hybridized carbons (Fsp3) is 0.217. The van der Waals surface area contributed by atoms with Crippen LogP contribution in [-0.4, -0.2) is 28.3 Å². The van der Waals surface area contributed by atoms with Crippen LogP contribution in [0.25, 0.3) is 5.69 Å². The molecule has 3 rings (SSSR count). The van der Waals surface area contributed by atoms with Crippen molar-refractivity contribution < 1.29 is 14.3 Å². The molecule has 0 spiro atoms. The van der Waals surface area contributed by atoms with Crippen molar-refractivity contribution in [1.29, 1.82) is 5.26 Å². The molecule has 3 aromatic rings. The van der Waals surface area contributed by atoms with Gasteiger partial charge in [0.25, 0.3) is 5.91 Å². The van der Waals surface area contributed by atoms with Gasteiger partial charge in [0, 0.05) is 16.8 Å². The molecule has 0 unspecified atom stereocenters. The van der Waals surface area contributed by atoms with Gasteiger partial charge in [-0.3, -0.25) is 4.79 Å². The van der Waals surface area contributed by atoms with Gasteiger partial charge < -0.3 is 10.1 Å². The minimum atomic E-state index is -1.03. The van der Waals surface area contributed by atoms with E-state index in [1.165, 1.54) is 6.07 Å². The zero-order valence-electron chi connectivity index (χ0n) is 17.0. The molecule has 1 aromatic heterocycles. The maximum absolute atomic E-state index is 12.8. The van der Waals surface area contributed by atoms with Gasteiger partial charge in [-0.2, -0.15) is 10.4 Å². The summed E-state index contributed by atoms with van der Waals surface area (Å²) < 4.78 is 6.96. The van der Waals surface area contributed by atoms with Gasteiger partial charge >= 0.3 is 5.97 Å². The largest absolute Gasteiger partial charge is 0.464 e. The van der Waals surface area contributed by atoms with E-state index < -0.39 is 17.9 Å². The minimum Gasteiger partial charge on any atom is -0.464 e. The summed E-state index contributed by atoms with van der Waals surface area (Å²) in [6.45, 7) is 5.52. The molecule has 0 saturated heterocycles. The molecule has 1 atom stereocenters. The average molecular weight is 402 g/mol. The highest BCUT2D eigenvalue weighted by Crippen LogP contribution is 2.26. The van der Waals surface area contributed by atoms with Crippen molar-refractivity contribution in [2.45, 2.75) is 26.8 Å². The van der Waals surface area contributed by atoms with Crippen LogP contribution < -0.4 is 5.32 Å². The van der Waals surface area contributed by atoms with Gasteiger partial charge in [0.1, 0.15) is 0 Å². The fourth-order valence-electron chi connectivity index (χ4n) is 3.31. The van der Waals surface area contributed by atoms with Crippen LogP contribution in [0.2, 0.25) is 0 Å². The van der Waals surface area contributed by atoms with Crippen LogP contribution in [0, 0.1) is 25.2 Å². The highest BCUT2D eigenvalue weighted by Gasteiger charge is 2.30. The maximum Gasteiger partial charge on any atom is 0.333 e. The number of aryl methyl sites for hydroxylation is 1. The molecule has 0 radical (unpaired) electrons. The number of hydrogen-bond donors (Lipinski definition) is 1. The van der Waals surface area contributed by atoms with Gasteiger partial charge in [0.05, 0.1) is 29.6 Å². The summed E-state index contributed by atoms with van der Waals surface area (Å²) in [5.41, 5.74) is 3.42. The molecule has 0 aliphatic rings. The second-order valence-corrected chi connectivity index (χ2v) is 6.68. The number of nitrogens with one attached hydrogen (secondary N) is 1. The molecule has 7 nitrogen and oxygen atoms in total. The van der Waals surface area contributed by atoms with E-state index >= 15 is 0 Å². The molecule has 1 N–H and O–H groups in total. The summed E-state index contributed by atoms with van der Waals surface area (Å²) in [5.74, 6) is -1.04. The van der Waals surface area contributed by atoms with Crippen LogP contribution in [-0.2, 0) is 9.53 Å². The van der Waals surface area contributed by atoms with E-state index in [0.717, 1.165) is 11.4 Å². The Balaban J connectivity index is 2.01. The molecule has 1 amide bonds. The molecule has 0 fully saturated rings. The van der Waals surface area contributed by atoms with E-state index in [0.29, 0.717) is 16.8 Å². The Bertz CT molecular complexity index is 1110. The molecule has 0 aliphatic carbocycles. The number of carbonyl (C=O) groups excluding carboxylic acids is 2. The third kappa shape index (κ3) is 4.23.